The second kappa shape index (κ2) is 2.58. The first-order chi connectivity index (χ1) is 4.22. The van der Waals surface area contributed by atoms with Gasteiger partial charge in [0.05, 0.1) is 12.0 Å². The Labute approximate surface area is 57.1 Å². The highest BCUT2D eigenvalue weighted by Gasteiger charge is 2.31. The predicted molar refractivity (Wildman–Crippen MR) is 34.5 cm³/mol. The summed E-state index contributed by atoms with van der Waals surface area (Å²) in [6, 6.07) is 0. The first-order valence-corrected chi connectivity index (χ1v) is 3.86. The molecule has 0 aliphatic carbocycles. The molecule has 1 heterocycles. The standard InChI is InChI=1S/C5H8O3S/c6-4-2-9-1-3(4)5(7)8/h3-4,6H,1-2H2,(H,7,8)/t3-,4+/m1/s1. The minimum atomic E-state index is -0.882. The number of carboxylic acids is 1. The van der Waals surface area contributed by atoms with Crippen molar-refractivity contribution in [3.8, 4) is 0 Å². The van der Waals surface area contributed by atoms with Crippen molar-refractivity contribution in [3.63, 3.8) is 0 Å². The Morgan fingerprint density at radius 3 is 2.44 bits per heavy atom. The Kier molecular flexibility index (Phi) is 1.97. The van der Waals surface area contributed by atoms with Gasteiger partial charge in [0.15, 0.2) is 0 Å². The van der Waals surface area contributed by atoms with E-state index < -0.39 is 18.0 Å². The van der Waals surface area contributed by atoms with Crippen LogP contribution in [0.4, 0.5) is 0 Å². The van der Waals surface area contributed by atoms with Gasteiger partial charge in [0.1, 0.15) is 0 Å². The van der Waals surface area contributed by atoms with E-state index in [-0.39, 0.29) is 0 Å². The minimum Gasteiger partial charge on any atom is -0.481 e. The molecule has 0 spiro atoms. The molecule has 2 N–H and O–H groups in total. The highest BCUT2D eigenvalue weighted by atomic mass is 32.2. The summed E-state index contributed by atoms with van der Waals surface area (Å²) in [5, 5.41) is 17.4. The van der Waals surface area contributed by atoms with Crippen molar-refractivity contribution in [1.29, 1.82) is 0 Å². The third kappa shape index (κ3) is 1.37. The van der Waals surface area contributed by atoms with Gasteiger partial charge < -0.3 is 10.2 Å². The highest BCUT2D eigenvalue weighted by Crippen LogP contribution is 2.23. The van der Waals surface area contributed by atoms with Crippen LogP contribution in [0.1, 0.15) is 0 Å². The molecule has 1 fully saturated rings. The molecule has 0 radical (unpaired) electrons. The van der Waals surface area contributed by atoms with Crippen LogP contribution in [0.3, 0.4) is 0 Å². The van der Waals surface area contributed by atoms with E-state index in [0.29, 0.717) is 11.5 Å². The lowest BCUT2D eigenvalue weighted by Crippen LogP contribution is -2.25. The van der Waals surface area contributed by atoms with Crippen LogP contribution >= 0.6 is 11.8 Å². The zero-order valence-electron chi connectivity index (χ0n) is 4.78. The minimum absolute atomic E-state index is 0.532. The maximum atomic E-state index is 10.2. The Morgan fingerprint density at radius 1 is 1.56 bits per heavy atom. The van der Waals surface area contributed by atoms with Gasteiger partial charge in [-0.2, -0.15) is 11.8 Å². The SMILES string of the molecule is O=C(O)[C@@H]1CSC[C@@H]1O. The average molecular weight is 148 g/mol. The Balaban J connectivity index is 2.49. The summed E-state index contributed by atoms with van der Waals surface area (Å²) in [6.45, 7) is 0. The number of aliphatic carboxylic acids is 1. The van der Waals surface area contributed by atoms with Gasteiger partial charge in [-0.15, -0.1) is 0 Å². The van der Waals surface area contributed by atoms with Crippen molar-refractivity contribution in [2.24, 2.45) is 5.92 Å². The molecule has 9 heavy (non-hydrogen) atoms. The van der Waals surface area contributed by atoms with Gasteiger partial charge in [-0.1, -0.05) is 0 Å². The van der Waals surface area contributed by atoms with Crippen molar-refractivity contribution >= 4 is 17.7 Å². The third-order valence-corrected chi connectivity index (χ3v) is 2.54. The summed E-state index contributed by atoms with van der Waals surface area (Å²) < 4.78 is 0. The number of hydrogen-bond acceptors (Lipinski definition) is 3. The lowest BCUT2D eigenvalue weighted by atomic mass is 10.1. The van der Waals surface area contributed by atoms with E-state index in [0.717, 1.165) is 0 Å². The van der Waals surface area contributed by atoms with Gasteiger partial charge >= 0.3 is 5.97 Å². The highest BCUT2D eigenvalue weighted by molar-refractivity contribution is 7.99. The van der Waals surface area contributed by atoms with E-state index in [4.69, 9.17) is 10.2 Å². The van der Waals surface area contributed by atoms with Gasteiger partial charge in [0, 0.05) is 11.5 Å². The molecule has 1 rings (SSSR count). The fourth-order valence-electron chi connectivity index (χ4n) is 0.779. The summed E-state index contributed by atoms with van der Waals surface area (Å²) in [5.74, 6) is -0.296. The van der Waals surface area contributed by atoms with Gasteiger partial charge in [0.2, 0.25) is 0 Å². The molecular weight excluding hydrogens is 140 g/mol. The number of thioether (sulfide) groups is 1. The van der Waals surface area contributed by atoms with Crippen molar-refractivity contribution < 1.29 is 15.0 Å². The van der Waals surface area contributed by atoms with Gasteiger partial charge in [-0.25, -0.2) is 0 Å². The smallest absolute Gasteiger partial charge is 0.310 e. The molecule has 3 nitrogen and oxygen atoms in total. The van der Waals surface area contributed by atoms with Crippen LogP contribution in [0.25, 0.3) is 0 Å². The lowest BCUT2D eigenvalue weighted by molar-refractivity contribution is -0.143. The van der Waals surface area contributed by atoms with Crippen LogP contribution < -0.4 is 0 Å². The molecule has 0 aromatic rings. The number of carbonyl (C=O) groups is 1. The Hall–Kier alpha value is -0.220. The van der Waals surface area contributed by atoms with Gasteiger partial charge in [-0.05, 0) is 0 Å². The maximum Gasteiger partial charge on any atom is 0.310 e. The molecule has 0 aromatic heterocycles. The number of aliphatic hydroxyl groups excluding tert-OH is 1. The van der Waals surface area contributed by atoms with E-state index in [1.165, 1.54) is 11.8 Å². The van der Waals surface area contributed by atoms with Crippen molar-refractivity contribution in [1.82, 2.24) is 0 Å². The second-order valence-corrected chi connectivity index (χ2v) is 3.12. The Morgan fingerprint density at radius 2 is 2.22 bits per heavy atom. The molecule has 4 heteroatoms. The maximum absolute atomic E-state index is 10.2. The Bertz CT molecular complexity index is 125. The molecule has 1 aliphatic heterocycles. The van der Waals surface area contributed by atoms with Crippen LogP contribution in [-0.2, 0) is 4.79 Å². The molecule has 0 aromatic carbocycles. The van der Waals surface area contributed by atoms with E-state index in [1.807, 2.05) is 0 Å². The molecular formula is C5H8O3S. The molecule has 0 amide bonds. The summed E-state index contributed by atoms with van der Waals surface area (Å²) in [5.41, 5.74) is 0. The van der Waals surface area contributed by atoms with E-state index in [9.17, 15) is 4.79 Å². The summed E-state index contributed by atoms with van der Waals surface area (Å²) >= 11 is 1.49. The number of hydrogen-bond donors (Lipinski definition) is 2. The molecule has 2 atom stereocenters. The van der Waals surface area contributed by atoms with E-state index >= 15 is 0 Å². The van der Waals surface area contributed by atoms with Crippen LogP contribution in [-0.4, -0.2) is 33.8 Å². The van der Waals surface area contributed by atoms with Crippen molar-refractivity contribution in [2.45, 2.75) is 6.10 Å². The summed E-state index contributed by atoms with van der Waals surface area (Å²) in [6.07, 6.45) is -0.632. The van der Waals surface area contributed by atoms with E-state index in [1.54, 1.807) is 0 Å². The van der Waals surface area contributed by atoms with Crippen molar-refractivity contribution in [3.05, 3.63) is 0 Å². The predicted octanol–water partition coefficient (Wildman–Crippen LogP) is -0.205. The largest absolute Gasteiger partial charge is 0.481 e. The fourth-order valence-corrected chi connectivity index (χ4v) is 2.01. The molecule has 0 bridgehead atoms. The monoisotopic (exact) mass is 148 g/mol. The molecule has 1 aliphatic rings. The lowest BCUT2D eigenvalue weighted by Gasteiger charge is -2.05. The van der Waals surface area contributed by atoms with Crippen LogP contribution in [0.15, 0.2) is 0 Å². The molecule has 1 saturated heterocycles. The fraction of sp³-hybridized carbons (Fsp3) is 0.800. The first-order valence-electron chi connectivity index (χ1n) is 2.70. The third-order valence-electron chi connectivity index (χ3n) is 1.37. The zero-order chi connectivity index (χ0) is 6.85. The second-order valence-electron chi connectivity index (χ2n) is 2.05. The number of rotatable bonds is 1. The molecule has 0 saturated carbocycles. The van der Waals surface area contributed by atoms with Crippen molar-refractivity contribution in [2.75, 3.05) is 11.5 Å². The quantitative estimate of drug-likeness (QED) is 0.540. The first kappa shape index (κ1) is 6.89. The topological polar surface area (TPSA) is 57.5 Å². The summed E-state index contributed by atoms with van der Waals surface area (Å²) in [4.78, 5) is 10.2. The van der Waals surface area contributed by atoms with Crippen LogP contribution in [0.2, 0.25) is 0 Å². The van der Waals surface area contributed by atoms with Gasteiger partial charge in [-0.3, -0.25) is 4.79 Å². The average Bonchev–Trinajstić information content (AvgIpc) is 2.13. The number of aliphatic hydroxyl groups is 1. The zero-order valence-corrected chi connectivity index (χ0v) is 5.60. The number of carboxylic acid groups (broad SMARTS) is 1. The van der Waals surface area contributed by atoms with Crippen LogP contribution in [0.5, 0.6) is 0 Å². The van der Waals surface area contributed by atoms with Crippen LogP contribution in [0, 0.1) is 5.92 Å². The molecule has 52 valence electrons. The molecule has 0 unspecified atom stereocenters. The van der Waals surface area contributed by atoms with E-state index in [2.05, 4.69) is 0 Å². The van der Waals surface area contributed by atoms with Gasteiger partial charge in [0.25, 0.3) is 0 Å². The summed E-state index contributed by atoms with van der Waals surface area (Å²) in [7, 11) is 0. The normalized spacial score (nSPS) is 34.8.